The smallest absolute Gasteiger partial charge is 0.255 e. The van der Waals surface area contributed by atoms with E-state index < -0.39 is 0 Å². The summed E-state index contributed by atoms with van der Waals surface area (Å²) < 4.78 is 0. The van der Waals surface area contributed by atoms with Gasteiger partial charge in [-0.05, 0) is 31.2 Å². The van der Waals surface area contributed by atoms with Gasteiger partial charge in [0.05, 0.1) is 10.6 Å². The highest BCUT2D eigenvalue weighted by atomic mass is 79.9. The van der Waals surface area contributed by atoms with E-state index in [1.807, 2.05) is 4.90 Å². The van der Waals surface area contributed by atoms with Gasteiger partial charge >= 0.3 is 0 Å². The van der Waals surface area contributed by atoms with E-state index in [0.717, 1.165) is 44.5 Å². The molecule has 1 aromatic carbocycles. The summed E-state index contributed by atoms with van der Waals surface area (Å²) in [6.07, 6.45) is 0.990. The molecule has 1 amide bonds. The van der Waals surface area contributed by atoms with Gasteiger partial charge in [-0.1, -0.05) is 39.1 Å². The summed E-state index contributed by atoms with van der Waals surface area (Å²) in [6.45, 7) is 4.47. The van der Waals surface area contributed by atoms with Crippen molar-refractivity contribution in [2.24, 2.45) is 0 Å². The van der Waals surface area contributed by atoms with Crippen LogP contribution in [0.1, 0.15) is 16.8 Å². The average Bonchev–Trinajstić information content (AvgIpc) is 2.64. The third kappa shape index (κ3) is 4.10. The molecule has 2 rings (SSSR count). The van der Waals surface area contributed by atoms with Crippen molar-refractivity contribution in [3.63, 3.8) is 0 Å². The van der Waals surface area contributed by atoms with Crippen molar-refractivity contribution >= 4 is 45.0 Å². The first-order valence-electron chi connectivity index (χ1n) is 6.64. The topological polar surface area (TPSA) is 23.6 Å². The highest BCUT2D eigenvalue weighted by Gasteiger charge is 2.21. The summed E-state index contributed by atoms with van der Waals surface area (Å²) in [5.74, 6) is -0.00708. The molecule has 1 aromatic rings. The number of alkyl halides is 1. The van der Waals surface area contributed by atoms with Crippen molar-refractivity contribution in [2.45, 2.75) is 6.42 Å². The van der Waals surface area contributed by atoms with Gasteiger partial charge in [-0.2, -0.15) is 0 Å². The fourth-order valence-corrected chi connectivity index (χ4v) is 3.34. The van der Waals surface area contributed by atoms with Crippen molar-refractivity contribution in [1.29, 1.82) is 0 Å². The maximum absolute atomic E-state index is 12.5. The number of amides is 1. The van der Waals surface area contributed by atoms with Crippen LogP contribution in [-0.4, -0.2) is 53.8 Å². The minimum absolute atomic E-state index is 0.00708. The number of nitrogens with zero attached hydrogens (tertiary/aromatic N) is 2. The minimum atomic E-state index is -0.00708. The third-order valence-electron chi connectivity index (χ3n) is 3.44. The predicted molar refractivity (Wildman–Crippen MR) is 87.2 cm³/mol. The Bertz CT molecular complexity index is 484. The summed E-state index contributed by atoms with van der Waals surface area (Å²) in [7, 11) is 0. The van der Waals surface area contributed by atoms with Gasteiger partial charge in [-0.15, -0.1) is 0 Å². The molecule has 3 nitrogen and oxygen atoms in total. The first kappa shape index (κ1) is 16.1. The zero-order valence-corrected chi connectivity index (χ0v) is 14.2. The Morgan fingerprint density at radius 1 is 1.20 bits per heavy atom. The highest BCUT2D eigenvalue weighted by Crippen LogP contribution is 2.22. The third-order valence-corrected chi connectivity index (χ3v) is 4.34. The van der Waals surface area contributed by atoms with Crippen LogP contribution in [0.5, 0.6) is 0 Å². The number of benzene rings is 1. The molecule has 0 bridgehead atoms. The molecule has 0 unspecified atom stereocenters. The molecule has 1 fully saturated rings. The van der Waals surface area contributed by atoms with Crippen LogP contribution in [0.2, 0.25) is 10.0 Å². The molecule has 110 valence electrons. The van der Waals surface area contributed by atoms with Gasteiger partial charge < -0.3 is 9.80 Å². The molecule has 1 heterocycles. The molecule has 20 heavy (non-hydrogen) atoms. The van der Waals surface area contributed by atoms with Crippen LogP contribution in [0.4, 0.5) is 0 Å². The summed E-state index contributed by atoms with van der Waals surface area (Å²) in [5.41, 5.74) is 0.532. The Morgan fingerprint density at radius 2 is 2.00 bits per heavy atom. The standard InChI is InChI=1S/C14H17BrCl2N2O/c15-4-7-18-5-1-6-19(9-8-18)14(20)12-3-2-11(16)10-13(12)17/h2-3,10H,1,4-9H2. The van der Waals surface area contributed by atoms with E-state index >= 15 is 0 Å². The van der Waals surface area contributed by atoms with Crippen LogP contribution in [0.3, 0.4) is 0 Å². The molecule has 1 saturated heterocycles. The van der Waals surface area contributed by atoms with Gasteiger partial charge in [0.2, 0.25) is 0 Å². The zero-order valence-electron chi connectivity index (χ0n) is 11.1. The summed E-state index contributed by atoms with van der Waals surface area (Å²) in [6, 6.07) is 5.02. The lowest BCUT2D eigenvalue weighted by molar-refractivity contribution is 0.0762. The van der Waals surface area contributed by atoms with Crippen LogP contribution in [-0.2, 0) is 0 Å². The zero-order chi connectivity index (χ0) is 14.5. The largest absolute Gasteiger partial charge is 0.337 e. The number of carbonyl (C=O) groups excluding carboxylic acids is 1. The fourth-order valence-electron chi connectivity index (χ4n) is 2.35. The Labute approximate surface area is 138 Å². The number of halogens is 3. The molecule has 0 spiro atoms. The summed E-state index contributed by atoms with van der Waals surface area (Å²) in [4.78, 5) is 16.8. The van der Waals surface area contributed by atoms with Gasteiger partial charge in [0.25, 0.3) is 5.91 Å². The van der Waals surface area contributed by atoms with E-state index in [2.05, 4.69) is 20.8 Å². The Kier molecular flexibility index (Phi) is 6.15. The molecule has 0 aromatic heterocycles. The fraction of sp³-hybridized carbons (Fsp3) is 0.500. The molecular formula is C14H17BrCl2N2O. The molecule has 0 radical (unpaired) electrons. The lowest BCUT2D eigenvalue weighted by atomic mass is 10.2. The maximum atomic E-state index is 12.5. The Hall–Kier alpha value is -0.290. The minimum Gasteiger partial charge on any atom is -0.337 e. The van der Waals surface area contributed by atoms with E-state index in [1.54, 1.807) is 18.2 Å². The normalized spacial score (nSPS) is 17.1. The quantitative estimate of drug-likeness (QED) is 0.750. The van der Waals surface area contributed by atoms with Crippen molar-refractivity contribution in [3.8, 4) is 0 Å². The SMILES string of the molecule is O=C(c1ccc(Cl)cc1Cl)N1CCCN(CCBr)CC1. The van der Waals surface area contributed by atoms with Crippen LogP contribution in [0, 0.1) is 0 Å². The van der Waals surface area contributed by atoms with Gasteiger partial charge in [0, 0.05) is 36.5 Å². The van der Waals surface area contributed by atoms with Crippen LogP contribution in [0.15, 0.2) is 18.2 Å². The number of hydrogen-bond acceptors (Lipinski definition) is 2. The molecule has 0 N–H and O–H groups in total. The second kappa shape index (κ2) is 7.64. The van der Waals surface area contributed by atoms with Gasteiger partial charge in [-0.25, -0.2) is 0 Å². The van der Waals surface area contributed by atoms with E-state index in [0.29, 0.717) is 15.6 Å². The van der Waals surface area contributed by atoms with Crippen LogP contribution < -0.4 is 0 Å². The molecule has 0 atom stereocenters. The average molecular weight is 380 g/mol. The van der Waals surface area contributed by atoms with E-state index in [1.165, 1.54) is 0 Å². The van der Waals surface area contributed by atoms with Gasteiger partial charge in [0.1, 0.15) is 0 Å². The Balaban J connectivity index is 2.05. The number of carbonyl (C=O) groups is 1. The Morgan fingerprint density at radius 3 is 2.70 bits per heavy atom. The van der Waals surface area contributed by atoms with E-state index in [-0.39, 0.29) is 5.91 Å². The van der Waals surface area contributed by atoms with Crippen molar-refractivity contribution in [3.05, 3.63) is 33.8 Å². The lowest BCUT2D eigenvalue weighted by Gasteiger charge is -2.22. The lowest BCUT2D eigenvalue weighted by Crippen LogP contribution is -2.35. The highest BCUT2D eigenvalue weighted by molar-refractivity contribution is 9.09. The van der Waals surface area contributed by atoms with Crippen molar-refractivity contribution in [1.82, 2.24) is 9.80 Å². The molecule has 1 aliphatic heterocycles. The molecule has 0 aliphatic carbocycles. The predicted octanol–water partition coefficient (Wildman–Crippen LogP) is 3.54. The maximum Gasteiger partial charge on any atom is 0.255 e. The van der Waals surface area contributed by atoms with Gasteiger partial charge in [-0.3, -0.25) is 4.79 Å². The monoisotopic (exact) mass is 378 g/mol. The van der Waals surface area contributed by atoms with Crippen LogP contribution in [0.25, 0.3) is 0 Å². The molecule has 1 aliphatic rings. The second-order valence-corrected chi connectivity index (χ2v) is 6.44. The van der Waals surface area contributed by atoms with E-state index in [9.17, 15) is 4.79 Å². The number of hydrogen-bond donors (Lipinski definition) is 0. The van der Waals surface area contributed by atoms with E-state index in [4.69, 9.17) is 23.2 Å². The van der Waals surface area contributed by atoms with Crippen molar-refractivity contribution < 1.29 is 4.79 Å². The molecule has 6 heteroatoms. The van der Waals surface area contributed by atoms with Crippen molar-refractivity contribution in [2.75, 3.05) is 38.1 Å². The number of rotatable bonds is 3. The summed E-state index contributed by atoms with van der Waals surface area (Å²) in [5, 5.41) is 1.93. The first-order valence-corrected chi connectivity index (χ1v) is 8.52. The first-order chi connectivity index (χ1) is 9.61. The molecular weight excluding hydrogens is 363 g/mol. The molecule has 0 saturated carbocycles. The second-order valence-electron chi connectivity index (χ2n) is 4.80. The summed E-state index contributed by atoms with van der Waals surface area (Å²) >= 11 is 15.4. The van der Waals surface area contributed by atoms with Gasteiger partial charge in [0.15, 0.2) is 0 Å². The van der Waals surface area contributed by atoms with Crippen LogP contribution >= 0.6 is 39.1 Å².